The molecule has 1 heterocycles. The minimum absolute atomic E-state index is 0.00223. The third-order valence-corrected chi connectivity index (χ3v) is 3.65. The van der Waals surface area contributed by atoms with Gasteiger partial charge in [-0.2, -0.15) is 0 Å². The third-order valence-electron chi connectivity index (χ3n) is 3.65. The molecule has 1 aromatic carbocycles. The zero-order valence-electron chi connectivity index (χ0n) is 11.8. The monoisotopic (exact) mass is 279 g/mol. The van der Waals surface area contributed by atoms with E-state index in [-0.39, 0.29) is 18.5 Å². The molecule has 1 aromatic rings. The first-order chi connectivity index (χ1) is 9.60. The van der Waals surface area contributed by atoms with Crippen LogP contribution in [0.2, 0.25) is 6.82 Å². The number of hydrogen-bond acceptors (Lipinski definition) is 5. The van der Waals surface area contributed by atoms with Gasteiger partial charge < -0.3 is 24.8 Å². The zero-order chi connectivity index (χ0) is 14.5. The highest BCUT2D eigenvalue weighted by atomic mass is 16.5. The van der Waals surface area contributed by atoms with Crippen LogP contribution < -0.4 is 4.74 Å². The lowest BCUT2D eigenvalue weighted by Crippen LogP contribution is -2.45. The van der Waals surface area contributed by atoms with E-state index in [0.717, 1.165) is 24.2 Å². The van der Waals surface area contributed by atoms with Gasteiger partial charge in [0.2, 0.25) is 0 Å². The van der Waals surface area contributed by atoms with Crippen LogP contribution in [-0.4, -0.2) is 52.9 Å². The molecule has 0 saturated carbocycles. The molecular formula is C14H22BNO4. The highest BCUT2D eigenvalue weighted by Crippen LogP contribution is 2.31. The predicted molar refractivity (Wildman–Crippen MR) is 78.0 cm³/mol. The van der Waals surface area contributed by atoms with E-state index in [2.05, 4.69) is 0 Å². The second-order valence-corrected chi connectivity index (χ2v) is 5.27. The summed E-state index contributed by atoms with van der Waals surface area (Å²) < 4.78 is 5.90. The fraction of sp³-hybridized carbons (Fsp3) is 0.571. The van der Waals surface area contributed by atoms with Crippen molar-refractivity contribution in [2.45, 2.75) is 32.2 Å². The van der Waals surface area contributed by atoms with Crippen molar-refractivity contribution in [3.8, 4) is 11.5 Å². The Morgan fingerprint density at radius 3 is 2.95 bits per heavy atom. The van der Waals surface area contributed by atoms with Gasteiger partial charge in [0.1, 0.15) is 17.6 Å². The first-order valence-electron chi connectivity index (χ1n) is 7.11. The van der Waals surface area contributed by atoms with E-state index >= 15 is 0 Å². The van der Waals surface area contributed by atoms with Crippen LogP contribution in [0, 0.1) is 0 Å². The summed E-state index contributed by atoms with van der Waals surface area (Å²) in [5.41, 5.74) is 1.11. The molecule has 1 atom stereocenters. The fourth-order valence-electron chi connectivity index (χ4n) is 2.51. The maximum Gasteiger partial charge on any atom is 0.376 e. The van der Waals surface area contributed by atoms with Gasteiger partial charge in [-0.3, -0.25) is 0 Å². The minimum Gasteiger partial charge on any atom is -0.508 e. The molecule has 6 heteroatoms. The Labute approximate surface area is 119 Å². The highest BCUT2D eigenvalue weighted by molar-refractivity contribution is 6.45. The van der Waals surface area contributed by atoms with Crippen LogP contribution in [-0.2, 0) is 6.42 Å². The van der Waals surface area contributed by atoms with Crippen molar-refractivity contribution in [1.29, 1.82) is 0 Å². The molecule has 0 fully saturated rings. The summed E-state index contributed by atoms with van der Waals surface area (Å²) in [7, 11) is -0.560. The first-order valence-corrected chi connectivity index (χ1v) is 7.11. The van der Waals surface area contributed by atoms with E-state index < -0.39 is 7.05 Å². The van der Waals surface area contributed by atoms with Crippen molar-refractivity contribution >= 4 is 7.05 Å². The number of aliphatic hydroxyl groups excluding tert-OH is 1. The van der Waals surface area contributed by atoms with E-state index in [9.17, 15) is 10.1 Å². The van der Waals surface area contributed by atoms with Crippen LogP contribution >= 0.6 is 0 Å². The van der Waals surface area contributed by atoms with Gasteiger partial charge in [0, 0.05) is 19.2 Å². The summed E-state index contributed by atoms with van der Waals surface area (Å²) in [6.07, 6.45) is 2.43. The average molecular weight is 279 g/mol. The number of hydrogen-bond donors (Lipinski definition) is 3. The summed E-state index contributed by atoms with van der Waals surface area (Å²) in [5, 5.41) is 28.2. The van der Waals surface area contributed by atoms with Gasteiger partial charge in [-0.1, -0.05) is 6.07 Å². The molecule has 1 unspecified atom stereocenters. The van der Waals surface area contributed by atoms with Crippen LogP contribution in [0.4, 0.5) is 0 Å². The average Bonchev–Trinajstić information content (AvgIpc) is 2.42. The molecule has 3 N–H and O–H groups in total. The predicted octanol–water partition coefficient (Wildman–Crippen LogP) is 0.880. The van der Waals surface area contributed by atoms with E-state index in [0.29, 0.717) is 19.5 Å². The van der Waals surface area contributed by atoms with Crippen molar-refractivity contribution in [3.05, 3.63) is 23.8 Å². The van der Waals surface area contributed by atoms with Crippen LogP contribution in [0.5, 0.6) is 11.5 Å². The van der Waals surface area contributed by atoms with Gasteiger partial charge >= 0.3 is 7.05 Å². The number of rotatable bonds is 6. The summed E-state index contributed by atoms with van der Waals surface area (Å²) in [5.74, 6) is 0.936. The quantitative estimate of drug-likeness (QED) is 0.674. The van der Waals surface area contributed by atoms with Gasteiger partial charge in [-0.05, 0) is 44.3 Å². The number of nitrogens with zero attached hydrogens (tertiary/aromatic N) is 1. The van der Waals surface area contributed by atoms with Gasteiger partial charge in [0.05, 0.1) is 0 Å². The number of aromatic hydroxyl groups is 1. The standard InChI is InChI=1S/C14H22BNO4/c1-15(19)16(7-2-8-17)10-13-6-4-11-3-5-12(18)9-14(11)20-13/h3,5,9,13,17-19H,2,4,6-8,10H2,1H3. The van der Waals surface area contributed by atoms with Crippen LogP contribution in [0.3, 0.4) is 0 Å². The molecule has 0 aliphatic carbocycles. The Hall–Kier alpha value is -1.24. The van der Waals surface area contributed by atoms with E-state index in [1.165, 1.54) is 0 Å². The van der Waals surface area contributed by atoms with E-state index in [1.807, 2.05) is 10.9 Å². The smallest absolute Gasteiger partial charge is 0.376 e. The zero-order valence-corrected chi connectivity index (χ0v) is 11.8. The van der Waals surface area contributed by atoms with Crippen molar-refractivity contribution in [2.24, 2.45) is 0 Å². The highest BCUT2D eigenvalue weighted by Gasteiger charge is 2.25. The van der Waals surface area contributed by atoms with Crippen molar-refractivity contribution in [3.63, 3.8) is 0 Å². The maximum atomic E-state index is 9.76. The second-order valence-electron chi connectivity index (χ2n) is 5.27. The molecule has 110 valence electrons. The van der Waals surface area contributed by atoms with Crippen molar-refractivity contribution < 1.29 is 20.0 Å². The molecule has 1 aliphatic heterocycles. The number of aliphatic hydroxyl groups is 1. The first kappa shape index (κ1) is 15.2. The molecule has 0 bridgehead atoms. The largest absolute Gasteiger partial charge is 0.508 e. The molecule has 2 rings (SSSR count). The van der Waals surface area contributed by atoms with Gasteiger partial charge in [-0.25, -0.2) is 0 Å². The van der Waals surface area contributed by atoms with Crippen LogP contribution in [0.15, 0.2) is 18.2 Å². The number of phenolic OH excluding ortho intramolecular Hbond substituents is 1. The molecule has 0 aromatic heterocycles. The summed E-state index contributed by atoms with van der Waals surface area (Å²) in [6.45, 7) is 3.10. The van der Waals surface area contributed by atoms with Gasteiger partial charge in [0.15, 0.2) is 0 Å². The molecule has 0 radical (unpaired) electrons. The lowest BCUT2D eigenvalue weighted by atomic mass is 9.84. The van der Waals surface area contributed by atoms with Crippen molar-refractivity contribution in [1.82, 2.24) is 4.81 Å². The SMILES string of the molecule is CB(O)N(CCCO)CC1CCc2ccc(O)cc2O1. The Morgan fingerprint density at radius 2 is 2.25 bits per heavy atom. The molecule has 1 aliphatic rings. The molecule has 0 spiro atoms. The summed E-state index contributed by atoms with van der Waals surface area (Å²) in [4.78, 5) is 1.90. The van der Waals surface area contributed by atoms with Gasteiger partial charge in [0.25, 0.3) is 0 Å². The third kappa shape index (κ3) is 3.88. The lowest BCUT2D eigenvalue weighted by Gasteiger charge is -2.32. The Balaban J connectivity index is 1.97. The van der Waals surface area contributed by atoms with E-state index in [4.69, 9.17) is 9.84 Å². The lowest BCUT2D eigenvalue weighted by molar-refractivity contribution is 0.136. The molecule has 0 saturated heterocycles. The fourth-order valence-corrected chi connectivity index (χ4v) is 2.51. The maximum absolute atomic E-state index is 9.76. The molecule has 5 nitrogen and oxygen atoms in total. The van der Waals surface area contributed by atoms with Crippen LogP contribution in [0.25, 0.3) is 0 Å². The number of aryl methyl sites for hydroxylation is 1. The number of ether oxygens (including phenoxy) is 1. The molecule has 20 heavy (non-hydrogen) atoms. The Bertz CT molecular complexity index is 441. The minimum atomic E-state index is -0.560. The normalized spacial score (nSPS) is 17.7. The molecule has 0 amide bonds. The Morgan fingerprint density at radius 1 is 1.45 bits per heavy atom. The van der Waals surface area contributed by atoms with Crippen molar-refractivity contribution in [2.75, 3.05) is 19.7 Å². The van der Waals surface area contributed by atoms with Crippen LogP contribution in [0.1, 0.15) is 18.4 Å². The topological polar surface area (TPSA) is 73.2 Å². The Kier molecular flexibility index (Phi) is 5.28. The van der Waals surface area contributed by atoms with Gasteiger partial charge in [-0.15, -0.1) is 0 Å². The van der Waals surface area contributed by atoms with E-state index in [1.54, 1.807) is 19.0 Å². The molecular weight excluding hydrogens is 257 g/mol. The second kappa shape index (κ2) is 6.97. The summed E-state index contributed by atoms with van der Waals surface area (Å²) in [6, 6.07) is 5.20. The number of phenols is 1. The summed E-state index contributed by atoms with van der Waals surface area (Å²) >= 11 is 0. The number of fused-ring (bicyclic) bond motifs is 1. The number of benzene rings is 1.